The normalized spacial score (nSPS) is 27.2. The van der Waals surface area contributed by atoms with E-state index in [-0.39, 0.29) is 12.5 Å². The molecule has 2 rings (SSSR count). The van der Waals surface area contributed by atoms with Gasteiger partial charge >= 0.3 is 0 Å². The molecule has 1 amide bonds. The molecule has 1 aliphatic carbocycles. The fourth-order valence-electron chi connectivity index (χ4n) is 2.47. The number of carbonyl (C=O) groups is 1. The molecule has 0 spiro atoms. The molecule has 0 radical (unpaired) electrons. The molecule has 0 aromatic rings. The molecule has 88 valence electrons. The number of nitriles is 1. The van der Waals surface area contributed by atoms with E-state index < -0.39 is 5.41 Å². The molecule has 16 heavy (non-hydrogen) atoms. The van der Waals surface area contributed by atoms with Gasteiger partial charge in [-0.2, -0.15) is 5.26 Å². The molecule has 0 bridgehead atoms. The molecule has 1 unspecified atom stereocenters. The number of hydrogen-bond donors (Lipinski definition) is 1. The van der Waals surface area contributed by atoms with E-state index >= 15 is 0 Å². The monoisotopic (exact) mass is 222 g/mol. The van der Waals surface area contributed by atoms with E-state index in [0.29, 0.717) is 5.92 Å². The summed E-state index contributed by atoms with van der Waals surface area (Å²) in [6.07, 6.45) is 4.30. The predicted molar refractivity (Wildman–Crippen MR) is 58.3 cm³/mol. The van der Waals surface area contributed by atoms with Crippen molar-refractivity contribution in [3.63, 3.8) is 0 Å². The predicted octanol–water partition coefficient (Wildman–Crippen LogP) is 0.911. The quantitative estimate of drug-likeness (QED) is 0.772. The van der Waals surface area contributed by atoms with E-state index in [1.165, 1.54) is 0 Å². The maximum absolute atomic E-state index is 12.1. The van der Waals surface area contributed by atoms with Gasteiger partial charge in [-0.3, -0.25) is 4.79 Å². The van der Waals surface area contributed by atoms with Crippen molar-refractivity contribution in [1.29, 1.82) is 5.26 Å². The van der Waals surface area contributed by atoms with Crippen LogP contribution in [0.15, 0.2) is 0 Å². The van der Waals surface area contributed by atoms with Crippen LogP contribution in [-0.2, 0) is 4.79 Å². The Kier molecular flexibility index (Phi) is 3.15. The molecule has 1 heterocycles. The Bertz CT molecular complexity index is 315. The number of carbonyl (C=O) groups excluding carboxylic acids is 1. The Hall–Kier alpha value is -1.08. The third-order valence-corrected chi connectivity index (χ3v) is 3.72. The van der Waals surface area contributed by atoms with Gasteiger partial charge < -0.3 is 10.0 Å². The van der Waals surface area contributed by atoms with Crippen LogP contribution in [0.3, 0.4) is 0 Å². The zero-order chi connectivity index (χ0) is 11.6. The molecule has 1 N–H and O–H groups in total. The lowest BCUT2D eigenvalue weighted by atomic mass is 9.94. The third kappa shape index (κ3) is 2.05. The number of aliphatic hydroxyl groups excluding tert-OH is 1. The minimum absolute atomic E-state index is 0.0256. The van der Waals surface area contributed by atoms with Crippen LogP contribution in [0.5, 0.6) is 0 Å². The minimum atomic E-state index is -0.679. The number of amides is 1. The Morgan fingerprint density at radius 3 is 2.88 bits per heavy atom. The fourth-order valence-corrected chi connectivity index (χ4v) is 2.47. The topological polar surface area (TPSA) is 64.3 Å². The minimum Gasteiger partial charge on any atom is -0.396 e. The van der Waals surface area contributed by atoms with E-state index in [9.17, 15) is 4.79 Å². The van der Waals surface area contributed by atoms with Crippen LogP contribution < -0.4 is 0 Å². The number of rotatable bonds is 3. The van der Waals surface area contributed by atoms with Crippen LogP contribution in [-0.4, -0.2) is 35.6 Å². The second kappa shape index (κ2) is 4.42. The standard InChI is InChI=1S/C12H18N2O2/c13-9-12(4-5-12)11(16)14-6-1-2-10(8-14)3-7-15/h10,15H,1-8H2. The Balaban J connectivity index is 1.95. The van der Waals surface area contributed by atoms with E-state index in [1.54, 1.807) is 0 Å². The van der Waals surface area contributed by atoms with Crippen LogP contribution in [0, 0.1) is 22.7 Å². The average molecular weight is 222 g/mol. The summed E-state index contributed by atoms with van der Waals surface area (Å²) in [7, 11) is 0. The highest BCUT2D eigenvalue weighted by Crippen LogP contribution is 2.47. The highest BCUT2D eigenvalue weighted by Gasteiger charge is 2.52. The van der Waals surface area contributed by atoms with Crippen LogP contribution >= 0.6 is 0 Å². The van der Waals surface area contributed by atoms with Gasteiger partial charge in [0, 0.05) is 19.7 Å². The molecule has 0 aromatic carbocycles. The van der Waals surface area contributed by atoms with Crippen LogP contribution in [0.25, 0.3) is 0 Å². The van der Waals surface area contributed by atoms with Gasteiger partial charge in [0.15, 0.2) is 0 Å². The lowest BCUT2D eigenvalue weighted by Gasteiger charge is -2.33. The number of likely N-dealkylation sites (tertiary alicyclic amines) is 1. The SMILES string of the molecule is N#CC1(C(=O)N2CCCC(CCO)C2)CC1. The second-order valence-electron chi connectivity index (χ2n) is 4.97. The molecule has 4 heteroatoms. The van der Waals surface area contributed by atoms with E-state index in [4.69, 9.17) is 10.4 Å². The van der Waals surface area contributed by atoms with E-state index in [0.717, 1.165) is 45.2 Å². The number of hydrogen-bond acceptors (Lipinski definition) is 3. The smallest absolute Gasteiger partial charge is 0.243 e. The molecular formula is C12H18N2O2. The largest absolute Gasteiger partial charge is 0.396 e. The average Bonchev–Trinajstić information content (AvgIpc) is 3.10. The van der Waals surface area contributed by atoms with Crippen LogP contribution in [0.4, 0.5) is 0 Å². The summed E-state index contributed by atoms with van der Waals surface area (Å²) in [6.45, 7) is 1.70. The van der Waals surface area contributed by atoms with Gasteiger partial charge in [0.25, 0.3) is 0 Å². The van der Waals surface area contributed by atoms with Crippen molar-refractivity contribution >= 4 is 5.91 Å². The van der Waals surface area contributed by atoms with Crippen molar-refractivity contribution in [2.45, 2.75) is 32.1 Å². The second-order valence-corrected chi connectivity index (χ2v) is 4.97. The number of nitrogens with zero attached hydrogens (tertiary/aromatic N) is 2. The lowest BCUT2D eigenvalue weighted by molar-refractivity contribution is -0.136. The first-order valence-electron chi connectivity index (χ1n) is 6.03. The third-order valence-electron chi connectivity index (χ3n) is 3.72. The molecule has 0 aromatic heterocycles. The van der Waals surface area contributed by atoms with Gasteiger partial charge in [0.1, 0.15) is 5.41 Å². The van der Waals surface area contributed by atoms with E-state index in [2.05, 4.69) is 6.07 Å². The van der Waals surface area contributed by atoms with Crippen molar-refractivity contribution in [3.8, 4) is 6.07 Å². The van der Waals surface area contributed by atoms with Crippen molar-refractivity contribution in [2.24, 2.45) is 11.3 Å². The molecular weight excluding hydrogens is 204 g/mol. The maximum Gasteiger partial charge on any atom is 0.243 e. The Labute approximate surface area is 95.9 Å². The van der Waals surface area contributed by atoms with Crippen molar-refractivity contribution < 1.29 is 9.90 Å². The maximum atomic E-state index is 12.1. The lowest BCUT2D eigenvalue weighted by Crippen LogP contribution is -2.43. The number of aliphatic hydroxyl groups is 1. The zero-order valence-corrected chi connectivity index (χ0v) is 9.48. The van der Waals surface area contributed by atoms with Gasteiger partial charge in [0.05, 0.1) is 6.07 Å². The molecule has 2 aliphatic rings. The summed E-state index contributed by atoms with van der Waals surface area (Å²) in [5, 5.41) is 17.9. The molecule has 4 nitrogen and oxygen atoms in total. The van der Waals surface area contributed by atoms with Gasteiger partial charge in [-0.15, -0.1) is 0 Å². The van der Waals surface area contributed by atoms with E-state index in [1.807, 2.05) is 4.90 Å². The molecule has 1 atom stereocenters. The summed E-state index contributed by atoms with van der Waals surface area (Å²) in [5.41, 5.74) is -0.679. The summed E-state index contributed by atoms with van der Waals surface area (Å²) < 4.78 is 0. The highest BCUT2D eigenvalue weighted by atomic mass is 16.3. The molecule has 1 saturated carbocycles. The van der Waals surface area contributed by atoms with Crippen LogP contribution in [0.1, 0.15) is 32.1 Å². The summed E-state index contributed by atoms with van der Waals surface area (Å²) in [4.78, 5) is 13.9. The van der Waals surface area contributed by atoms with Gasteiger partial charge in [-0.25, -0.2) is 0 Å². The van der Waals surface area contributed by atoms with Crippen LogP contribution in [0.2, 0.25) is 0 Å². The van der Waals surface area contributed by atoms with Crippen molar-refractivity contribution in [3.05, 3.63) is 0 Å². The molecule has 1 saturated heterocycles. The van der Waals surface area contributed by atoms with Crippen molar-refractivity contribution in [1.82, 2.24) is 4.90 Å². The Morgan fingerprint density at radius 1 is 1.56 bits per heavy atom. The first-order valence-corrected chi connectivity index (χ1v) is 6.03. The summed E-state index contributed by atoms with van der Waals surface area (Å²) in [6, 6.07) is 2.16. The van der Waals surface area contributed by atoms with Gasteiger partial charge in [0.2, 0.25) is 5.91 Å². The molecule has 2 fully saturated rings. The van der Waals surface area contributed by atoms with Crippen molar-refractivity contribution in [2.75, 3.05) is 19.7 Å². The van der Waals surface area contributed by atoms with Gasteiger partial charge in [-0.1, -0.05) is 0 Å². The zero-order valence-electron chi connectivity index (χ0n) is 9.48. The number of piperidine rings is 1. The highest BCUT2D eigenvalue weighted by molar-refractivity contribution is 5.88. The Morgan fingerprint density at radius 2 is 2.31 bits per heavy atom. The summed E-state index contributed by atoms with van der Waals surface area (Å²) >= 11 is 0. The first kappa shape index (κ1) is 11.4. The first-order chi connectivity index (χ1) is 7.72. The van der Waals surface area contributed by atoms with Gasteiger partial charge in [-0.05, 0) is 38.0 Å². The fraction of sp³-hybridized carbons (Fsp3) is 0.833. The summed E-state index contributed by atoms with van der Waals surface area (Å²) in [5.74, 6) is 0.440. The molecule has 1 aliphatic heterocycles.